The van der Waals surface area contributed by atoms with E-state index in [4.69, 9.17) is 14.7 Å². The van der Waals surface area contributed by atoms with Crippen LogP contribution < -0.4 is 15.4 Å². The molecule has 6 rings (SSSR count). The van der Waals surface area contributed by atoms with Crippen LogP contribution in [0.3, 0.4) is 0 Å². The molecule has 0 aliphatic heterocycles. The van der Waals surface area contributed by atoms with Crippen molar-refractivity contribution in [2.45, 2.75) is 58.8 Å². The van der Waals surface area contributed by atoms with E-state index in [2.05, 4.69) is 66.9 Å². The summed E-state index contributed by atoms with van der Waals surface area (Å²) in [7, 11) is 0. The van der Waals surface area contributed by atoms with Crippen molar-refractivity contribution in [3.63, 3.8) is 0 Å². The van der Waals surface area contributed by atoms with Gasteiger partial charge in [-0.25, -0.2) is 19.7 Å². The summed E-state index contributed by atoms with van der Waals surface area (Å²) < 4.78 is 5.46. The van der Waals surface area contributed by atoms with E-state index in [1.807, 2.05) is 30.5 Å². The lowest BCUT2D eigenvalue weighted by Crippen LogP contribution is -2.36. The van der Waals surface area contributed by atoms with Crippen LogP contribution >= 0.6 is 0 Å². The number of nitrogens with zero attached hydrogens (tertiary/aromatic N) is 5. The molecule has 1 amide bonds. The molecule has 0 saturated heterocycles. The lowest BCUT2D eigenvalue weighted by Gasteiger charge is -2.35. The van der Waals surface area contributed by atoms with E-state index in [9.17, 15) is 4.79 Å². The standard InChI is InChI=1S/C34H38N8O2/c1-23-33(24(2)39-22-38-23)44-34(43)37-19-25-12-14-26(15-13-25)21-42(30-11-5-7-27-8-6-16-36-32(27)30)18-17-35-20-31-40-28-9-3-4-10-29(28)41-31/h3-4,6,8-10,12-16,22,30,35H,5,7,11,17-21H2,1-2H3,(H,37,43)(H,40,41). The van der Waals surface area contributed by atoms with E-state index >= 15 is 0 Å². The predicted molar refractivity (Wildman–Crippen MR) is 169 cm³/mol. The lowest BCUT2D eigenvalue weighted by atomic mass is 9.90. The second-order valence-corrected chi connectivity index (χ2v) is 11.2. The monoisotopic (exact) mass is 590 g/mol. The molecule has 1 atom stereocenters. The molecule has 0 bridgehead atoms. The number of rotatable bonds is 11. The molecule has 3 aromatic heterocycles. The van der Waals surface area contributed by atoms with Gasteiger partial charge in [-0.15, -0.1) is 0 Å². The Morgan fingerprint density at radius 2 is 1.77 bits per heavy atom. The van der Waals surface area contributed by atoms with Crippen LogP contribution in [-0.4, -0.2) is 49.0 Å². The quantitative estimate of drug-likeness (QED) is 0.177. The number of hydrogen-bond donors (Lipinski definition) is 3. The van der Waals surface area contributed by atoms with Gasteiger partial charge in [0.25, 0.3) is 0 Å². The normalized spacial score (nSPS) is 14.5. The van der Waals surface area contributed by atoms with Crippen molar-refractivity contribution in [1.29, 1.82) is 0 Å². The fraction of sp³-hybridized carbons (Fsp3) is 0.324. The van der Waals surface area contributed by atoms with Crippen molar-refractivity contribution in [1.82, 2.24) is 40.5 Å². The summed E-state index contributed by atoms with van der Waals surface area (Å²) in [6.45, 7) is 7.12. The molecule has 0 saturated carbocycles. The molecule has 10 nitrogen and oxygen atoms in total. The van der Waals surface area contributed by atoms with Crippen molar-refractivity contribution in [2.24, 2.45) is 0 Å². The van der Waals surface area contributed by atoms with Gasteiger partial charge in [0.1, 0.15) is 12.2 Å². The number of amides is 1. The smallest absolute Gasteiger partial charge is 0.406 e. The second kappa shape index (κ2) is 13.7. The van der Waals surface area contributed by atoms with E-state index in [1.165, 1.54) is 23.1 Å². The molecule has 44 heavy (non-hydrogen) atoms. The molecular weight excluding hydrogens is 552 g/mol. The molecule has 0 spiro atoms. The van der Waals surface area contributed by atoms with E-state index in [0.29, 0.717) is 30.2 Å². The molecule has 0 fully saturated rings. The molecule has 1 unspecified atom stereocenters. The van der Waals surface area contributed by atoms with Crippen LogP contribution in [0.2, 0.25) is 0 Å². The highest BCUT2D eigenvalue weighted by Crippen LogP contribution is 2.33. The van der Waals surface area contributed by atoms with Gasteiger partial charge in [-0.2, -0.15) is 0 Å². The third kappa shape index (κ3) is 7.10. The topological polar surface area (TPSA) is 121 Å². The van der Waals surface area contributed by atoms with E-state index in [0.717, 1.165) is 61.3 Å². The number of pyridine rings is 1. The third-order valence-corrected chi connectivity index (χ3v) is 8.11. The van der Waals surface area contributed by atoms with Gasteiger partial charge < -0.3 is 20.4 Å². The average molecular weight is 591 g/mol. The molecule has 10 heteroatoms. The Bertz CT molecular complexity index is 1670. The summed E-state index contributed by atoms with van der Waals surface area (Å²) >= 11 is 0. The molecule has 3 N–H and O–H groups in total. The number of carbonyl (C=O) groups excluding carboxylic acids is 1. The van der Waals surface area contributed by atoms with Crippen LogP contribution in [-0.2, 0) is 26.1 Å². The number of aryl methyl sites for hydroxylation is 3. The first-order chi connectivity index (χ1) is 21.5. The van der Waals surface area contributed by atoms with Crippen LogP contribution in [0, 0.1) is 13.8 Å². The Hall–Kier alpha value is -4.67. The summed E-state index contributed by atoms with van der Waals surface area (Å²) in [5, 5.41) is 6.42. The van der Waals surface area contributed by atoms with Crippen molar-refractivity contribution >= 4 is 17.1 Å². The SMILES string of the molecule is Cc1ncnc(C)c1OC(=O)NCc1ccc(CN(CCNCc2nc3ccccc3[nH]2)C2CCCc3cccnc32)cc1. The molecule has 0 radical (unpaired) electrons. The van der Waals surface area contributed by atoms with Gasteiger partial charge in [0.05, 0.1) is 40.7 Å². The van der Waals surface area contributed by atoms with Crippen LogP contribution in [0.5, 0.6) is 5.75 Å². The third-order valence-electron chi connectivity index (χ3n) is 8.11. The first kappa shape index (κ1) is 29.4. The van der Waals surface area contributed by atoms with Gasteiger partial charge in [-0.3, -0.25) is 9.88 Å². The van der Waals surface area contributed by atoms with Crippen molar-refractivity contribution in [3.05, 3.63) is 113 Å². The minimum Gasteiger partial charge on any atom is -0.406 e. The van der Waals surface area contributed by atoms with Crippen LogP contribution in [0.25, 0.3) is 11.0 Å². The molecule has 3 heterocycles. The fourth-order valence-corrected chi connectivity index (χ4v) is 5.83. The number of carbonyl (C=O) groups is 1. The van der Waals surface area contributed by atoms with Gasteiger partial charge in [0.2, 0.25) is 0 Å². The van der Waals surface area contributed by atoms with Gasteiger partial charge in [0, 0.05) is 32.4 Å². The van der Waals surface area contributed by atoms with Gasteiger partial charge in [0.15, 0.2) is 5.75 Å². The summed E-state index contributed by atoms with van der Waals surface area (Å²) in [4.78, 5) is 36.1. The Morgan fingerprint density at radius 3 is 2.59 bits per heavy atom. The molecule has 5 aromatic rings. The lowest BCUT2D eigenvalue weighted by molar-refractivity contribution is 0.166. The molecular formula is C34H38N8O2. The Kier molecular flexibility index (Phi) is 9.19. The highest BCUT2D eigenvalue weighted by molar-refractivity contribution is 5.74. The minimum atomic E-state index is -0.528. The fourth-order valence-electron chi connectivity index (χ4n) is 5.83. The van der Waals surface area contributed by atoms with Crippen LogP contribution in [0.4, 0.5) is 4.79 Å². The molecule has 1 aliphatic carbocycles. The van der Waals surface area contributed by atoms with E-state index < -0.39 is 6.09 Å². The highest BCUT2D eigenvalue weighted by Gasteiger charge is 2.27. The number of nitrogens with one attached hydrogen (secondary N) is 3. The van der Waals surface area contributed by atoms with Gasteiger partial charge >= 0.3 is 6.09 Å². The van der Waals surface area contributed by atoms with Crippen molar-refractivity contribution < 1.29 is 9.53 Å². The largest absolute Gasteiger partial charge is 0.412 e. The second-order valence-electron chi connectivity index (χ2n) is 11.2. The number of aromatic amines is 1. The van der Waals surface area contributed by atoms with E-state index in [-0.39, 0.29) is 6.04 Å². The maximum atomic E-state index is 12.4. The zero-order valence-electron chi connectivity index (χ0n) is 25.2. The predicted octanol–water partition coefficient (Wildman–Crippen LogP) is 5.32. The summed E-state index contributed by atoms with van der Waals surface area (Å²) in [6, 6.07) is 21.0. The van der Waals surface area contributed by atoms with Gasteiger partial charge in [-0.1, -0.05) is 42.5 Å². The Balaban J connectivity index is 1.08. The Labute approximate surface area is 257 Å². The first-order valence-electron chi connectivity index (χ1n) is 15.2. The minimum absolute atomic E-state index is 0.262. The maximum Gasteiger partial charge on any atom is 0.412 e. The number of benzene rings is 2. The Morgan fingerprint density at radius 1 is 0.977 bits per heavy atom. The van der Waals surface area contributed by atoms with Crippen LogP contribution in [0.15, 0.2) is 73.2 Å². The number of ether oxygens (including phenoxy) is 1. The summed E-state index contributed by atoms with van der Waals surface area (Å²) in [6.07, 6.45) is 6.17. The molecule has 2 aromatic carbocycles. The number of fused-ring (bicyclic) bond motifs is 2. The number of hydrogen-bond acceptors (Lipinski definition) is 8. The number of H-pyrrole nitrogens is 1. The molecule has 1 aliphatic rings. The zero-order chi connectivity index (χ0) is 30.3. The van der Waals surface area contributed by atoms with Crippen molar-refractivity contribution in [2.75, 3.05) is 13.1 Å². The van der Waals surface area contributed by atoms with Gasteiger partial charge in [-0.05, 0) is 68.0 Å². The zero-order valence-corrected chi connectivity index (χ0v) is 25.2. The van der Waals surface area contributed by atoms with Crippen LogP contribution in [0.1, 0.15) is 58.5 Å². The first-order valence-corrected chi connectivity index (χ1v) is 15.2. The number of para-hydroxylation sites is 2. The number of aromatic nitrogens is 5. The van der Waals surface area contributed by atoms with Crippen molar-refractivity contribution in [3.8, 4) is 5.75 Å². The summed E-state index contributed by atoms with van der Waals surface area (Å²) in [5.41, 5.74) is 8.06. The molecule has 226 valence electrons. The number of imidazole rings is 1. The van der Waals surface area contributed by atoms with E-state index in [1.54, 1.807) is 13.8 Å². The summed E-state index contributed by atoms with van der Waals surface area (Å²) in [5.74, 6) is 1.34. The average Bonchev–Trinajstić information content (AvgIpc) is 3.47. The maximum absolute atomic E-state index is 12.4. The highest BCUT2D eigenvalue weighted by atomic mass is 16.6.